The lowest BCUT2D eigenvalue weighted by Crippen LogP contribution is -2.50. The second-order valence-corrected chi connectivity index (χ2v) is 8.16. The Balaban J connectivity index is 1.32. The molecule has 154 valence electrons. The van der Waals surface area contributed by atoms with Gasteiger partial charge in [0, 0.05) is 37.3 Å². The molecule has 2 fully saturated rings. The summed E-state index contributed by atoms with van der Waals surface area (Å²) in [5, 5.41) is 0. The molecule has 2 aromatic heterocycles. The van der Waals surface area contributed by atoms with Crippen LogP contribution in [0.1, 0.15) is 47.8 Å². The summed E-state index contributed by atoms with van der Waals surface area (Å²) in [6.07, 6.45) is 7.04. The Morgan fingerprint density at radius 2 is 1.87 bits per heavy atom. The van der Waals surface area contributed by atoms with Crippen molar-refractivity contribution in [3.8, 4) is 0 Å². The van der Waals surface area contributed by atoms with E-state index in [1.54, 1.807) is 17.3 Å². The second-order valence-electron chi connectivity index (χ2n) is 8.16. The number of benzene rings is 1. The molecule has 4 heterocycles. The van der Waals surface area contributed by atoms with Gasteiger partial charge in [0.25, 0.3) is 5.91 Å². The molecule has 3 aromatic rings. The predicted octanol–water partition coefficient (Wildman–Crippen LogP) is 2.97. The van der Waals surface area contributed by atoms with Gasteiger partial charge in [-0.1, -0.05) is 18.2 Å². The third-order valence-electron chi connectivity index (χ3n) is 6.24. The summed E-state index contributed by atoms with van der Waals surface area (Å²) in [6, 6.07) is 10.8. The van der Waals surface area contributed by atoms with Crippen LogP contribution in [-0.4, -0.2) is 62.2 Å². The highest BCUT2D eigenvalue weighted by Gasteiger charge is 2.38. The van der Waals surface area contributed by atoms with E-state index in [1.165, 1.54) is 0 Å². The van der Waals surface area contributed by atoms with Crippen LogP contribution in [0.4, 0.5) is 0 Å². The summed E-state index contributed by atoms with van der Waals surface area (Å²) >= 11 is 0. The molecule has 7 heteroatoms. The zero-order chi connectivity index (χ0) is 20.5. The van der Waals surface area contributed by atoms with Gasteiger partial charge >= 0.3 is 0 Å². The third kappa shape index (κ3) is 3.44. The Morgan fingerprint density at radius 3 is 2.70 bits per heavy atom. The molecule has 0 spiro atoms. The SMILES string of the molecule is O=C([C@H]1CCCN1C(=O)c1ccccc1)N1CCCC(c2nc3ccncc3[nH]2)C1. The Labute approximate surface area is 175 Å². The van der Waals surface area contributed by atoms with Gasteiger partial charge in [-0.2, -0.15) is 0 Å². The Morgan fingerprint density at radius 1 is 1.03 bits per heavy atom. The molecule has 30 heavy (non-hydrogen) atoms. The second kappa shape index (κ2) is 7.89. The molecule has 1 unspecified atom stereocenters. The average Bonchev–Trinajstić information content (AvgIpc) is 3.46. The first-order chi connectivity index (χ1) is 14.7. The van der Waals surface area contributed by atoms with Crippen LogP contribution in [0.2, 0.25) is 0 Å². The van der Waals surface area contributed by atoms with Crippen LogP contribution in [0.15, 0.2) is 48.8 Å². The number of carbonyl (C=O) groups is 2. The number of nitrogens with one attached hydrogen (secondary N) is 1. The predicted molar refractivity (Wildman–Crippen MR) is 113 cm³/mol. The lowest BCUT2D eigenvalue weighted by molar-refractivity contribution is -0.136. The van der Waals surface area contributed by atoms with Crippen molar-refractivity contribution < 1.29 is 9.59 Å². The van der Waals surface area contributed by atoms with E-state index in [2.05, 4.69) is 9.97 Å². The maximum Gasteiger partial charge on any atom is 0.254 e. The maximum atomic E-state index is 13.4. The molecule has 5 rings (SSSR count). The van der Waals surface area contributed by atoms with Crippen molar-refractivity contribution in [1.29, 1.82) is 0 Å². The molecular weight excluding hydrogens is 378 g/mol. The van der Waals surface area contributed by atoms with Crippen LogP contribution in [0.3, 0.4) is 0 Å². The number of hydrogen-bond acceptors (Lipinski definition) is 4. The first-order valence-electron chi connectivity index (χ1n) is 10.6. The third-order valence-corrected chi connectivity index (χ3v) is 6.24. The van der Waals surface area contributed by atoms with E-state index in [1.807, 2.05) is 41.3 Å². The number of nitrogens with zero attached hydrogens (tertiary/aromatic N) is 4. The minimum atomic E-state index is -0.365. The van der Waals surface area contributed by atoms with Gasteiger partial charge in [-0.15, -0.1) is 0 Å². The minimum absolute atomic E-state index is 0.0511. The fourth-order valence-electron chi connectivity index (χ4n) is 4.69. The van der Waals surface area contributed by atoms with Gasteiger partial charge in [0.05, 0.1) is 17.2 Å². The summed E-state index contributed by atoms with van der Waals surface area (Å²) in [5.41, 5.74) is 2.47. The number of fused-ring (bicyclic) bond motifs is 1. The fourth-order valence-corrected chi connectivity index (χ4v) is 4.69. The Hall–Kier alpha value is -3.22. The van der Waals surface area contributed by atoms with Crippen molar-refractivity contribution in [3.63, 3.8) is 0 Å². The summed E-state index contributed by atoms with van der Waals surface area (Å²) < 4.78 is 0. The number of H-pyrrole nitrogens is 1. The number of aromatic amines is 1. The standard InChI is InChI=1S/C23H25N5O2/c29-22(16-6-2-1-3-7-16)28-13-5-9-20(28)23(30)27-12-4-8-17(15-27)21-25-18-10-11-24-14-19(18)26-21/h1-3,6-7,10-11,14,17,20H,4-5,8-9,12-13,15H2,(H,25,26)/t17?,20-/m1/s1. The summed E-state index contributed by atoms with van der Waals surface area (Å²) in [7, 11) is 0. The number of aromatic nitrogens is 3. The van der Waals surface area contributed by atoms with Crippen LogP contribution in [0.25, 0.3) is 11.0 Å². The summed E-state index contributed by atoms with van der Waals surface area (Å²) in [5.74, 6) is 1.11. The molecule has 2 amide bonds. The van der Waals surface area contributed by atoms with Crippen molar-refractivity contribution in [2.75, 3.05) is 19.6 Å². The summed E-state index contributed by atoms with van der Waals surface area (Å²) in [4.78, 5) is 42.3. The van der Waals surface area contributed by atoms with Crippen LogP contribution >= 0.6 is 0 Å². The smallest absolute Gasteiger partial charge is 0.254 e. The molecule has 0 saturated carbocycles. The van der Waals surface area contributed by atoms with Crippen LogP contribution in [0.5, 0.6) is 0 Å². The van der Waals surface area contributed by atoms with E-state index >= 15 is 0 Å². The van der Waals surface area contributed by atoms with Crippen molar-refractivity contribution >= 4 is 22.8 Å². The quantitative estimate of drug-likeness (QED) is 0.729. The van der Waals surface area contributed by atoms with Crippen LogP contribution < -0.4 is 0 Å². The number of hydrogen-bond donors (Lipinski definition) is 1. The molecule has 2 aliphatic heterocycles. The molecular formula is C23H25N5O2. The van der Waals surface area contributed by atoms with E-state index in [-0.39, 0.29) is 23.8 Å². The van der Waals surface area contributed by atoms with Crippen molar-refractivity contribution in [2.45, 2.75) is 37.6 Å². The molecule has 2 aliphatic rings. The van der Waals surface area contributed by atoms with E-state index in [9.17, 15) is 9.59 Å². The molecule has 1 N–H and O–H groups in total. The number of piperidine rings is 1. The molecule has 1 aromatic carbocycles. The van der Waals surface area contributed by atoms with Crippen molar-refractivity contribution in [3.05, 3.63) is 60.2 Å². The largest absolute Gasteiger partial charge is 0.340 e. The highest BCUT2D eigenvalue weighted by atomic mass is 16.2. The molecule has 0 radical (unpaired) electrons. The lowest BCUT2D eigenvalue weighted by atomic mass is 9.96. The van der Waals surface area contributed by atoms with Gasteiger partial charge in [0.2, 0.25) is 5.91 Å². The summed E-state index contributed by atoms with van der Waals surface area (Å²) in [6.45, 7) is 2.01. The maximum absolute atomic E-state index is 13.4. The Bertz CT molecular complexity index is 1030. The van der Waals surface area contributed by atoms with Gasteiger partial charge in [-0.05, 0) is 43.9 Å². The average molecular weight is 403 g/mol. The van der Waals surface area contributed by atoms with Gasteiger partial charge in [0.15, 0.2) is 0 Å². The topological polar surface area (TPSA) is 82.2 Å². The van der Waals surface area contributed by atoms with E-state index in [0.717, 1.165) is 49.1 Å². The number of rotatable bonds is 3. The van der Waals surface area contributed by atoms with Crippen molar-refractivity contribution in [1.82, 2.24) is 24.8 Å². The minimum Gasteiger partial charge on any atom is -0.340 e. The zero-order valence-corrected chi connectivity index (χ0v) is 16.8. The van der Waals surface area contributed by atoms with Gasteiger partial charge in [0.1, 0.15) is 11.9 Å². The fraction of sp³-hybridized carbons (Fsp3) is 0.391. The molecule has 7 nitrogen and oxygen atoms in total. The number of imidazole rings is 1. The number of pyridine rings is 1. The molecule has 2 saturated heterocycles. The number of amides is 2. The van der Waals surface area contributed by atoms with Crippen molar-refractivity contribution in [2.24, 2.45) is 0 Å². The van der Waals surface area contributed by atoms with Gasteiger partial charge in [-0.3, -0.25) is 14.6 Å². The van der Waals surface area contributed by atoms with E-state index in [0.29, 0.717) is 18.7 Å². The highest BCUT2D eigenvalue weighted by molar-refractivity contribution is 5.98. The van der Waals surface area contributed by atoms with E-state index in [4.69, 9.17) is 4.98 Å². The van der Waals surface area contributed by atoms with Crippen LogP contribution in [-0.2, 0) is 4.79 Å². The monoisotopic (exact) mass is 403 g/mol. The zero-order valence-electron chi connectivity index (χ0n) is 16.8. The molecule has 2 atom stereocenters. The molecule has 0 aliphatic carbocycles. The first-order valence-corrected chi connectivity index (χ1v) is 10.6. The Kier molecular flexibility index (Phi) is 4.94. The molecule has 0 bridgehead atoms. The van der Waals surface area contributed by atoms with Gasteiger partial charge < -0.3 is 14.8 Å². The van der Waals surface area contributed by atoms with Gasteiger partial charge in [-0.25, -0.2) is 4.98 Å². The number of likely N-dealkylation sites (tertiary alicyclic amines) is 2. The number of carbonyl (C=O) groups excluding carboxylic acids is 2. The lowest BCUT2D eigenvalue weighted by Gasteiger charge is -2.35. The first kappa shape index (κ1) is 18.8. The van der Waals surface area contributed by atoms with Crippen LogP contribution in [0, 0.1) is 0 Å². The van der Waals surface area contributed by atoms with E-state index < -0.39 is 0 Å². The highest BCUT2D eigenvalue weighted by Crippen LogP contribution is 2.29. The normalized spacial score (nSPS) is 21.9.